The minimum atomic E-state index is -1.53. The van der Waals surface area contributed by atoms with Crippen LogP contribution in [-0.2, 0) is 57.7 Å². The third-order valence-electron chi connectivity index (χ3n) is 11.2. The molecule has 388 valence electrons. The van der Waals surface area contributed by atoms with Crippen molar-refractivity contribution in [2.75, 3.05) is 26.2 Å². The summed E-state index contributed by atoms with van der Waals surface area (Å²) in [7, 11) is 0. The van der Waals surface area contributed by atoms with Gasteiger partial charge in [-0.3, -0.25) is 28.8 Å². The smallest absolute Gasteiger partial charge is 0.326 e. The molecule has 3 aromatic carbocycles. The zero-order valence-corrected chi connectivity index (χ0v) is 40.2. The molecule has 0 aliphatic heterocycles. The van der Waals surface area contributed by atoms with Gasteiger partial charge in [0, 0.05) is 76.2 Å². The zero-order chi connectivity index (χ0) is 52.5. The summed E-state index contributed by atoms with van der Waals surface area (Å²) in [4.78, 5) is 117. The van der Waals surface area contributed by atoms with Gasteiger partial charge in [-0.05, 0) is 67.2 Å². The number of amides is 7. The molecule has 0 aromatic heterocycles. The fourth-order valence-electron chi connectivity index (χ4n) is 7.35. The standard InChI is InChI=1S/C50H66N10O12/c51-59-54-30-15-29-53-46(66)40(32-35-16-5-1-6-17-35)56-47(67)41(33-36-18-7-2-8-19-36)55-43(62)26-25-42(61)52-28-13-4-11-23-44(63)60(34-37-20-9-3-10-21-37)31-14-12-22-38(48(68)69)57-50(72)58-39(49(70)71)24-27-45(64)65/h1-3,5-10,16-21,38-41H,4,11-15,22-34H2,(H,52,61)(H,53,66)(H,55,62)(H,56,67)(H,64,65)(H,68,69)(H,70,71)(H2,57,58,72)/t38-,39-,40-,41-/m0/s1. The molecule has 0 bridgehead atoms. The molecule has 22 nitrogen and oxygen atoms in total. The molecule has 3 rings (SSSR count). The van der Waals surface area contributed by atoms with Crippen LogP contribution in [0.25, 0.3) is 10.4 Å². The van der Waals surface area contributed by atoms with Crippen molar-refractivity contribution in [1.82, 2.24) is 36.8 Å². The Labute approximate surface area is 417 Å². The van der Waals surface area contributed by atoms with E-state index in [0.717, 1.165) is 16.7 Å². The number of carbonyl (C=O) groups is 9. The lowest BCUT2D eigenvalue weighted by Crippen LogP contribution is -2.55. The number of nitrogens with one attached hydrogen (secondary N) is 6. The van der Waals surface area contributed by atoms with Crippen molar-refractivity contribution in [1.29, 1.82) is 0 Å². The summed E-state index contributed by atoms with van der Waals surface area (Å²) in [6.45, 7) is 1.31. The van der Waals surface area contributed by atoms with Gasteiger partial charge in [0.2, 0.25) is 29.5 Å². The number of azide groups is 1. The molecule has 0 saturated heterocycles. The van der Waals surface area contributed by atoms with E-state index < -0.39 is 78.7 Å². The zero-order valence-electron chi connectivity index (χ0n) is 40.2. The molecule has 0 unspecified atom stereocenters. The summed E-state index contributed by atoms with van der Waals surface area (Å²) >= 11 is 0. The number of rotatable bonds is 35. The maximum Gasteiger partial charge on any atom is 0.326 e. The molecule has 0 spiro atoms. The predicted molar refractivity (Wildman–Crippen MR) is 264 cm³/mol. The van der Waals surface area contributed by atoms with E-state index in [-0.39, 0.29) is 70.0 Å². The van der Waals surface area contributed by atoms with Crippen LogP contribution < -0.4 is 31.9 Å². The Morgan fingerprint density at radius 2 is 1.07 bits per heavy atom. The van der Waals surface area contributed by atoms with Gasteiger partial charge in [-0.2, -0.15) is 0 Å². The van der Waals surface area contributed by atoms with Crippen molar-refractivity contribution in [2.45, 2.75) is 121 Å². The largest absolute Gasteiger partial charge is 0.481 e. The first-order chi connectivity index (χ1) is 34.6. The Kier molecular flexibility index (Phi) is 27.1. The van der Waals surface area contributed by atoms with E-state index in [1.54, 1.807) is 17.0 Å². The second kappa shape index (κ2) is 33.5. The average molecular weight is 999 g/mol. The second-order valence-electron chi connectivity index (χ2n) is 16.9. The van der Waals surface area contributed by atoms with Crippen LogP contribution in [0.3, 0.4) is 0 Å². The minimum Gasteiger partial charge on any atom is -0.481 e. The van der Waals surface area contributed by atoms with Crippen LogP contribution in [0.15, 0.2) is 96.1 Å². The Morgan fingerprint density at radius 3 is 1.64 bits per heavy atom. The summed E-state index contributed by atoms with van der Waals surface area (Å²) in [6.07, 6.45) is 1.98. The monoisotopic (exact) mass is 998 g/mol. The lowest BCUT2D eigenvalue weighted by molar-refractivity contribution is -0.141. The van der Waals surface area contributed by atoms with Crippen LogP contribution in [0, 0.1) is 0 Å². The fourth-order valence-corrected chi connectivity index (χ4v) is 7.35. The predicted octanol–water partition coefficient (Wildman–Crippen LogP) is 3.98. The van der Waals surface area contributed by atoms with Crippen LogP contribution in [0.2, 0.25) is 0 Å². The van der Waals surface area contributed by atoms with Crippen molar-refractivity contribution in [3.63, 3.8) is 0 Å². The van der Waals surface area contributed by atoms with Crippen molar-refractivity contribution in [2.24, 2.45) is 5.11 Å². The van der Waals surface area contributed by atoms with Gasteiger partial charge < -0.3 is 52.1 Å². The highest BCUT2D eigenvalue weighted by molar-refractivity contribution is 5.93. The van der Waals surface area contributed by atoms with Crippen LogP contribution in [0.1, 0.15) is 93.7 Å². The molecule has 0 aliphatic rings. The van der Waals surface area contributed by atoms with Gasteiger partial charge in [0.15, 0.2) is 0 Å². The summed E-state index contributed by atoms with van der Waals surface area (Å²) in [5, 5.41) is 46.8. The Balaban J connectivity index is 1.47. The summed E-state index contributed by atoms with van der Waals surface area (Å²) in [5.74, 6) is -6.14. The number of aliphatic carboxylic acids is 3. The van der Waals surface area contributed by atoms with Crippen LogP contribution in [0.5, 0.6) is 0 Å². The van der Waals surface area contributed by atoms with Crippen LogP contribution >= 0.6 is 0 Å². The van der Waals surface area contributed by atoms with Gasteiger partial charge in [-0.15, -0.1) is 0 Å². The topological polar surface area (TPSA) is 338 Å². The van der Waals surface area contributed by atoms with Gasteiger partial charge in [-0.1, -0.05) is 103 Å². The SMILES string of the molecule is [N-]=[N+]=NCCCNC(=O)[C@H](Cc1ccccc1)NC(=O)[C@H](Cc1ccccc1)NC(=O)CCC(=O)NCCCCCC(=O)N(CCCC[C@H](NC(=O)N[C@@H](CCC(=O)O)C(=O)O)C(=O)O)Cc1ccccc1. The molecule has 4 atom stereocenters. The van der Waals surface area contributed by atoms with Gasteiger partial charge in [0.25, 0.3) is 0 Å². The number of benzene rings is 3. The molecule has 0 aliphatic carbocycles. The van der Waals surface area contributed by atoms with Gasteiger partial charge in [0.05, 0.1) is 0 Å². The highest BCUT2D eigenvalue weighted by atomic mass is 16.4. The van der Waals surface area contributed by atoms with E-state index >= 15 is 0 Å². The Hall–Kier alpha value is -8.00. The highest BCUT2D eigenvalue weighted by Gasteiger charge is 2.28. The number of carboxylic acid groups (broad SMARTS) is 3. The van der Waals surface area contributed by atoms with E-state index in [2.05, 4.69) is 41.9 Å². The Morgan fingerprint density at radius 1 is 0.528 bits per heavy atom. The molecule has 72 heavy (non-hydrogen) atoms. The lowest BCUT2D eigenvalue weighted by atomic mass is 10.0. The molecule has 9 N–H and O–H groups in total. The van der Waals surface area contributed by atoms with E-state index in [1.165, 1.54) is 0 Å². The van der Waals surface area contributed by atoms with Crippen molar-refractivity contribution in [3.8, 4) is 0 Å². The molecule has 0 heterocycles. The molecule has 0 radical (unpaired) electrons. The maximum atomic E-state index is 13.8. The Bertz CT molecular complexity index is 2270. The van der Waals surface area contributed by atoms with E-state index in [0.29, 0.717) is 51.6 Å². The van der Waals surface area contributed by atoms with Gasteiger partial charge in [-0.25, -0.2) is 14.4 Å². The molecular weight excluding hydrogens is 933 g/mol. The van der Waals surface area contributed by atoms with Crippen LogP contribution in [-0.4, -0.2) is 124 Å². The van der Waals surface area contributed by atoms with E-state index in [1.807, 2.05) is 78.9 Å². The van der Waals surface area contributed by atoms with Crippen molar-refractivity contribution < 1.29 is 58.5 Å². The number of carboxylic acids is 3. The third-order valence-corrected chi connectivity index (χ3v) is 11.2. The first kappa shape index (κ1) is 58.3. The number of hydrogen-bond acceptors (Lipinski definition) is 10. The third kappa shape index (κ3) is 24.5. The van der Waals surface area contributed by atoms with Crippen molar-refractivity contribution in [3.05, 3.63) is 118 Å². The maximum absolute atomic E-state index is 13.8. The van der Waals surface area contributed by atoms with Crippen molar-refractivity contribution >= 4 is 53.5 Å². The minimum absolute atomic E-state index is 0.0207. The normalized spacial score (nSPS) is 12.3. The molecule has 3 aromatic rings. The quantitative estimate of drug-likeness (QED) is 0.0175. The number of nitrogens with zero attached hydrogens (tertiary/aromatic N) is 4. The van der Waals surface area contributed by atoms with Crippen LogP contribution in [0.4, 0.5) is 4.79 Å². The van der Waals surface area contributed by atoms with Gasteiger partial charge >= 0.3 is 23.9 Å². The molecule has 0 fully saturated rings. The fraction of sp³-hybridized carbons (Fsp3) is 0.460. The van der Waals surface area contributed by atoms with Gasteiger partial charge in [0.1, 0.15) is 24.2 Å². The lowest BCUT2D eigenvalue weighted by Gasteiger charge is -2.24. The highest BCUT2D eigenvalue weighted by Crippen LogP contribution is 2.13. The molecule has 0 saturated carbocycles. The summed E-state index contributed by atoms with van der Waals surface area (Å²) in [5.41, 5.74) is 11.0. The molecule has 7 amide bonds. The summed E-state index contributed by atoms with van der Waals surface area (Å²) in [6, 6.07) is 21.4. The first-order valence-corrected chi connectivity index (χ1v) is 23.9. The molecule has 22 heteroatoms. The average Bonchev–Trinajstić information content (AvgIpc) is 3.36. The van der Waals surface area contributed by atoms with E-state index in [9.17, 15) is 53.4 Å². The second-order valence-corrected chi connectivity index (χ2v) is 16.9. The number of unbranched alkanes of at least 4 members (excludes halogenated alkanes) is 3. The first-order valence-electron chi connectivity index (χ1n) is 23.9. The number of hydrogen-bond donors (Lipinski definition) is 9. The number of carbonyl (C=O) groups excluding carboxylic acids is 6. The summed E-state index contributed by atoms with van der Waals surface area (Å²) < 4.78 is 0. The van der Waals surface area contributed by atoms with E-state index in [4.69, 9.17) is 10.6 Å². The molecular formula is C50H66N10O12. The number of urea groups is 1.